The molecule has 2 aromatic carbocycles. The van der Waals surface area contributed by atoms with Crippen LogP contribution in [0.3, 0.4) is 0 Å². The number of fused-ring (bicyclic) bond motifs is 3. The first-order valence-electron chi connectivity index (χ1n) is 9.96. The average Bonchev–Trinajstić information content (AvgIpc) is 2.96. The molecule has 30 heavy (non-hydrogen) atoms. The Balaban J connectivity index is 2.39. The van der Waals surface area contributed by atoms with E-state index in [-0.39, 0.29) is 17.4 Å². The lowest BCUT2D eigenvalue weighted by atomic mass is 9.95. The van der Waals surface area contributed by atoms with Crippen molar-refractivity contribution in [3.63, 3.8) is 0 Å². The summed E-state index contributed by atoms with van der Waals surface area (Å²) in [4.78, 5) is 24.8. The maximum atomic E-state index is 12.9. The fourth-order valence-corrected chi connectivity index (χ4v) is 4.04. The topological polar surface area (TPSA) is 85.9 Å². The van der Waals surface area contributed by atoms with E-state index in [0.29, 0.717) is 42.3 Å². The molecule has 0 saturated carbocycles. The van der Waals surface area contributed by atoms with Crippen LogP contribution in [-0.4, -0.2) is 33.8 Å². The average molecular weight is 412 g/mol. The molecule has 160 valence electrons. The van der Waals surface area contributed by atoms with Crippen molar-refractivity contribution >= 4 is 11.6 Å². The molecule has 7 nitrogen and oxygen atoms in total. The van der Waals surface area contributed by atoms with E-state index in [2.05, 4.69) is 10.6 Å². The van der Waals surface area contributed by atoms with E-state index >= 15 is 0 Å². The minimum Gasteiger partial charge on any atom is -0.493 e. The maximum Gasteiger partial charge on any atom is 0.217 e. The molecule has 0 aliphatic heterocycles. The van der Waals surface area contributed by atoms with Gasteiger partial charge in [0.2, 0.25) is 17.1 Å². The first-order valence-corrected chi connectivity index (χ1v) is 9.96. The van der Waals surface area contributed by atoms with Gasteiger partial charge in [-0.1, -0.05) is 6.07 Å². The van der Waals surface area contributed by atoms with E-state index in [1.165, 1.54) is 6.92 Å². The lowest BCUT2D eigenvalue weighted by Gasteiger charge is -2.19. The van der Waals surface area contributed by atoms with Gasteiger partial charge in [0, 0.05) is 19.0 Å². The zero-order chi connectivity index (χ0) is 21.8. The lowest BCUT2D eigenvalue weighted by Crippen LogP contribution is -2.26. The number of amides is 1. The summed E-state index contributed by atoms with van der Waals surface area (Å²) in [5, 5.41) is 6.11. The van der Waals surface area contributed by atoms with Crippen LogP contribution in [0.15, 0.2) is 29.1 Å². The third kappa shape index (κ3) is 3.92. The third-order valence-electron chi connectivity index (χ3n) is 5.28. The predicted molar refractivity (Wildman–Crippen MR) is 117 cm³/mol. The highest BCUT2D eigenvalue weighted by Gasteiger charge is 2.29. The van der Waals surface area contributed by atoms with Crippen molar-refractivity contribution in [3.05, 3.63) is 45.6 Å². The Labute approximate surface area is 176 Å². The predicted octanol–water partition coefficient (Wildman–Crippen LogP) is 3.29. The quantitative estimate of drug-likeness (QED) is 0.757. The van der Waals surface area contributed by atoms with Gasteiger partial charge in [-0.3, -0.25) is 9.59 Å². The van der Waals surface area contributed by atoms with Crippen LogP contribution >= 0.6 is 0 Å². The highest BCUT2D eigenvalue weighted by atomic mass is 16.5. The Hall–Kier alpha value is -3.22. The Morgan fingerprint density at radius 3 is 2.43 bits per heavy atom. The molecule has 2 N–H and O–H groups in total. The van der Waals surface area contributed by atoms with Crippen molar-refractivity contribution in [1.29, 1.82) is 0 Å². The summed E-state index contributed by atoms with van der Waals surface area (Å²) in [7, 11) is 4.73. The van der Waals surface area contributed by atoms with Crippen molar-refractivity contribution in [1.82, 2.24) is 5.32 Å². The zero-order valence-electron chi connectivity index (χ0n) is 18.0. The van der Waals surface area contributed by atoms with Gasteiger partial charge >= 0.3 is 0 Å². The minimum absolute atomic E-state index is 0.128. The summed E-state index contributed by atoms with van der Waals surface area (Å²) >= 11 is 0. The minimum atomic E-state index is -0.304. The van der Waals surface area contributed by atoms with Gasteiger partial charge in [-0.25, -0.2) is 0 Å². The molecular formula is C23H28N2O5. The summed E-state index contributed by atoms with van der Waals surface area (Å²) in [6, 6.07) is 6.93. The van der Waals surface area contributed by atoms with Crippen LogP contribution in [-0.2, 0) is 11.2 Å². The molecule has 7 heteroatoms. The molecular weight excluding hydrogens is 384 g/mol. The first-order chi connectivity index (χ1) is 14.4. The molecule has 0 aromatic heterocycles. The second-order valence-corrected chi connectivity index (χ2v) is 7.13. The number of hydrogen-bond donors (Lipinski definition) is 2. The number of hydrogen-bond acceptors (Lipinski definition) is 6. The molecule has 0 heterocycles. The van der Waals surface area contributed by atoms with Crippen LogP contribution in [0.25, 0.3) is 11.1 Å². The van der Waals surface area contributed by atoms with Crippen molar-refractivity contribution in [2.75, 3.05) is 33.2 Å². The number of benzene rings is 1. The van der Waals surface area contributed by atoms with Crippen LogP contribution < -0.4 is 30.3 Å². The van der Waals surface area contributed by atoms with Crippen molar-refractivity contribution in [3.8, 4) is 28.4 Å². The standard InChI is InChI=1S/C23H28N2O5/c1-6-24-18-10-8-15-16(12-19(18)27)17(25-13(2)26)9-7-14-11-20(28-3)22(29-4)23(30-5)21(14)15/h8,10-12,17H,6-7,9H2,1-5H3,(H,24,27)(H,25,26)/t17-/m1/s1. The van der Waals surface area contributed by atoms with E-state index < -0.39 is 0 Å². The number of carbonyl (C=O) groups is 1. The molecule has 2 aromatic rings. The number of ether oxygens (including phenoxy) is 3. The lowest BCUT2D eigenvalue weighted by molar-refractivity contribution is -0.119. The molecule has 0 bridgehead atoms. The Morgan fingerprint density at radius 2 is 1.83 bits per heavy atom. The normalized spacial score (nSPS) is 14.6. The summed E-state index contributed by atoms with van der Waals surface area (Å²) in [6.45, 7) is 4.05. The Morgan fingerprint density at radius 1 is 1.10 bits per heavy atom. The smallest absolute Gasteiger partial charge is 0.217 e. The number of nitrogens with one attached hydrogen (secondary N) is 2. The molecule has 0 spiro atoms. The zero-order valence-corrected chi connectivity index (χ0v) is 18.0. The Bertz CT molecular complexity index is 1020. The molecule has 1 amide bonds. The number of anilines is 1. The molecule has 1 aliphatic rings. The summed E-state index contributed by atoms with van der Waals surface area (Å²) in [5.41, 5.74) is 3.80. The van der Waals surface area contributed by atoms with E-state index in [1.807, 2.05) is 19.1 Å². The van der Waals surface area contributed by atoms with E-state index in [9.17, 15) is 9.59 Å². The first kappa shape index (κ1) is 21.5. The fourth-order valence-electron chi connectivity index (χ4n) is 4.04. The highest BCUT2D eigenvalue weighted by molar-refractivity contribution is 5.83. The van der Waals surface area contributed by atoms with E-state index in [1.54, 1.807) is 33.5 Å². The van der Waals surface area contributed by atoms with E-state index in [4.69, 9.17) is 14.2 Å². The van der Waals surface area contributed by atoms with Crippen LogP contribution in [0.2, 0.25) is 0 Å². The highest BCUT2D eigenvalue weighted by Crippen LogP contribution is 2.50. The second kappa shape index (κ2) is 9.07. The second-order valence-electron chi connectivity index (χ2n) is 7.13. The van der Waals surface area contributed by atoms with Gasteiger partial charge in [0.1, 0.15) is 0 Å². The van der Waals surface area contributed by atoms with Crippen LogP contribution in [0.1, 0.15) is 37.4 Å². The summed E-state index contributed by atoms with van der Waals surface area (Å²) < 4.78 is 16.9. The maximum absolute atomic E-state index is 12.9. The van der Waals surface area contributed by atoms with Gasteiger partial charge in [0.25, 0.3) is 0 Å². The van der Waals surface area contributed by atoms with Crippen LogP contribution in [0.4, 0.5) is 5.69 Å². The van der Waals surface area contributed by atoms with Gasteiger partial charge in [-0.2, -0.15) is 0 Å². The molecule has 3 rings (SSSR count). The fraction of sp³-hybridized carbons (Fsp3) is 0.391. The monoisotopic (exact) mass is 412 g/mol. The number of aryl methyl sites for hydroxylation is 1. The molecule has 1 atom stereocenters. The van der Waals surface area contributed by atoms with Crippen molar-refractivity contribution in [2.45, 2.75) is 32.7 Å². The molecule has 0 fully saturated rings. The van der Waals surface area contributed by atoms with Crippen molar-refractivity contribution in [2.24, 2.45) is 0 Å². The van der Waals surface area contributed by atoms with Gasteiger partial charge < -0.3 is 24.8 Å². The van der Waals surface area contributed by atoms with Crippen molar-refractivity contribution < 1.29 is 19.0 Å². The molecule has 1 aliphatic carbocycles. The number of carbonyl (C=O) groups excluding carboxylic acids is 1. The summed E-state index contributed by atoms with van der Waals surface area (Å²) in [5.74, 6) is 1.46. The Kier molecular flexibility index (Phi) is 6.50. The molecule has 0 saturated heterocycles. The van der Waals surface area contributed by atoms with Crippen LogP contribution in [0, 0.1) is 0 Å². The van der Waals surface area contributed by atoms with Gasteiger partial charge in [-0.05, 0) is 54.7 Å². The van der Waals surface area contributed by atoms with Gasteiger partial charge in [0.15, 0.2) is 11.5 Å². The van der Waals surface area contributed by atoms with Crippen LogP contribution in [0.5, 0.6) is 17.2 Å². The number of methoxy groups -OCH3 is 3. The molecule has 0 radical (unpaired) electrons. The summed E-state index contributed by atoms with van der Waals surface area (Å²) in [6.07, 6.45) is 1.31. The number of rotatable bonds is 6. The van der Waals surface area contributed by atoms with Gasteiger partial charge in [-0.15, -0.1) is 0 Å². The SMILES string of the molecule is CCNc1ccc2c(cc1=O)[C@H](NC(C)=O)CCc1cc(OC)c(OC)c(OC)c1-2. The molecule has 0 unspecified atom stereocenters. The van der Waals surface area contributed by atoms with Gasteiger partial charge in [0.05, 0.1) is 33.1 Å². The third-order valence-corrected chi connectivity index (χ3v) is 5.28. The van der Waals surface area contributed by atoms with E-state index in [0.717, 1.165) is 22.3 Å². The largest absolute Gasteiger partial charge is 0.493 e.